The highest BCUT2D eigenvalue weighted by Crippen LogP contribution is 2.51. The van der Waals surface area contributed by atoms with E-state index in [1.807, 2.05) is 0 Å². The smallest absolute Gasteiger partial charge is 0.120 e. The fraction of sp³-hybridized carbons (Fsp3) is 1.00. The summed E-state index contributed by atoms with van der Waals surface area (Å²) in [4.78, 5) is 0. The zero-order valence-electron chi connectivity index (χ0n) is 11.0. The Morgan fingerprint density at radius 3 is 2.18 bits per heavy atom. The van der Waals surface area contributed by atoms with E-state index in [0.717, 1.165) is 6.54 Å². The van der Waals surface area contributed by atoms with Crippen LogP contribution in [-0.4, -0.2) is 32.2 Å². The molecule has 2 aliphatic rings. The molecular formula is C13H23F2NO. The number of alkyl halides is 2. The van der Waals surface area contributed by atoms with E-state index < -0.39 is 24.5 Å². The van der Waals surface area contributed by atoms with Crippen LogP contribution in [0.3, 0.4) is 0 Å². The highest BCUT2D eigenvalue weighted by atomic mass is 19.1. The summed E-state index contributed by atoms with van der Waals surface area (Å²) in [6.45, 7) is 6.96. The van der Waals surface area contributed by atoms with Crippen molar-refractivity contribution in [3.8, 4) is 0 Å². The SMILES string of the molecule is CC(C)(C)C1CNC2(CC(CF)(CF)C2)OC1. The molecule has 1 saturated heterocycles. The van der Waals surface area contributed by atoms with Crippen LogP contribution < -0.4 is 5.32 Å². The van der Waals surface area contributed by atoms with E-state index in [2.05, 4.69) is 26.1 Å². The van der Waals surface area contributed by atoms with Crippen LogP contribution in [0.5, 0.6) is 0 Å². The van der Waals surface area contributed by atoms with Gasteiger partial charge in [0, 0.05) is 24.8 Å². The van der Waals surface area contributed by atoms with Crippen LogP contribution in [0.25, 0.3) is 0 Å². The van der Waals surface area contributed by atoms with Crippen LogP contribution >= 0.6 is 0 Å². The van der Waals surface area contributed by atoms with Gasteiger partial charge in [0.1, 0.15) is 5.72 Å². The largest absolute Gasteiger partial charge is 0.360 e. The number of rotatable bonds is 2. The van der Waals surface area contributed by atoms with Gasteiger partial charge in [0.05, 0.1) is 20.0 Å². The van der Waals surface area contributed by atoms with Crippen molar-refractivity contribution in [3.63, 3.8) is 0 Å². The molecule has 17 heavy (non-hydrogen) atoms. The Morgan fingerprint density at radius 1 is 1.24 bits per heavy atom. The van der Waals surface area contributed by atoms with Gasteiger partial charge in [0.2, 0.25) is 0 Å². The first-order valence-electron chi connectivity index (χ1n) is 6.36. The lowest BCUT2D eigenvalue weighted by Gasteiger charge is -2.57. The fourth-order valence-corrected chi connectivity index (χ4v) is 2.85. The zero-order valence-corrected chi connectivity index (χ0v) is 11.0. The third-order valence-electron chi connectivity index (χ3n) is 4.34. The molecule has 0 aromatic heterocycles. The molecule has 2 fully saturated rings. The molecule has 0 amide bonds. The Hall–Kier alpha value is -0.220. The summed E-state index contributed by atoms with van der Waals surface area (Å²) in [7, 11) is 0. The van der Waals surface area contributed by atoms with Crippen molar-refractivity contribution in [2.45, 2.75) is 39.3 Å². The molecule has 2 nitrogen and oxygen atoms in total. The molecule has 1 heterocycles. The van der Waals surface area contributed by atoms with Crippen LogP contribution in [0.1, 0.15) is 33.6 Å². The lowest BCUT2D eigenvalue weighted by atomic mass is 9.63. The summed E-state index contributed by atoms with van der Waals surface area (Å²) in [6.07, 6.45) is 0.924. The molecule has 1 aliphatic carbocycles. The van der Waals surface area contributed by atoms with E-state index in [0.29, 0.717) is 25.4 Å². The molecule has 1 aliphatic heterocycles. The van der Waals surface area contributed by atoms with E-state index in [-0.39, 0.29) is 5.41 Å². The van der Waals surface area contributed by atoms with Gasteiger partial charge in [-0.15, -0.1) is 0 Å². The summed E-state index contributed by atoms with van der Waals surface area (Å²) in [5, 5.41) is 3.36. The van der Waals surface area contributed by atoms with Gasteiger partial charge in [0.15, 0.2) is 0 Å². The summed E-state index contributed by atoms with van der Waals surface area (Å²) in [5.41, 5.74) is -1.02. The predicted octanol–water partition coefficient (Wildman–Crippen LogP) is 2.68. The molecule has 1 unspecified atom stereocenters. The number of ether oxygens (including phenoxy) is 1. The van der Waals surface area contributed by atoms with Crippen molar-refractivity contribution in [1.29, 1.82) is 0 Å². The Labute approximate surface area is 102 Å². The number of hydrogen-bond donors (Lipinski definition) is 1. The van der Waals surface area contributed by atoms with Crippen molar-refractivity contribution in [2.24, 2.45) is 16.7 Å². The third-order valence-corrected chi connectivity index (χ3v) is 4.34. The minimum absolute atomic E-state index is 0.204. The summed E-state index contributed by atoms with van der Waals surface area (Å²) < 4.78 is 31.4. The van der Waals surface area contributed by atoms with Crippen molar-refractivity contribution in [2.75, 3.05) is 26.5 Å². The van der Waals surface area contributed by atoms with Gasteiger partial charge in [-0.25, -0.2) is 0 Å². The van der Waals surface area contributed by atoms with Gasteiger partial charge >= 0.3 is 0 Å². The molecule has 0 radical (unpaired) electrons. The maximum Gasteiger partial charge on any atom is 0.120 e. The van der Waals surface area contributed by atoms with E-state index in [9.17, 15) is 8.78 Å². The second-order valence-electron chi connectivity index (χ2n) is 6.87. The summed E-state index contributed by atoms with van der Waals surface area (Å²) in [6, 6.07) is 0. The second-order valence-corrected chi connectivity index (χ2v) is 6.87. The zero-order chi connectivity index (χ0) is 12.7. The lowest BCUT2D eigenvalue weighted by Crippen LogP contribution is -2.67. The first-order valence-corrected chi connectivity index (χ1v) is 6.36. The highest BCUT2D eigenvalue weighted by molar-refractivity contribution is 5.05. The molecule has 100 valence electrons. The average Bonchev–Trinajstić information content (AvgIpc) is 2.24. The van der Waals surface area contributed by atoms with E-state index in [4.69, 9.17) is 4.74 Å². The number of hydrogen-bond acceptors (Lipinski definition) is 2. The lowest BCUT2D eigenvalue weighted by molar-refractivity contribution is -0.230. The van der Waals surface area contributed by atoms with Gasteiger partial charge in [-0.3, -0.25) is 14.1 Å². The highest BCUT2D eigenvalue weighted by Gasteiger charge is 2.57. The molecule has 0 aromatic carbocycles. The Bertz CT molecular complexity index is 266. The van der Waals surface area contributed by atoms with Gasteiger partial charge in [0.25, 0.3) is 0 Å². The van der Waals surface area contributed by atoms with Crippen LogP contribution in [0.2, 0.25) is 0 Å². The second kappa shape index (κ2) is 4.16. The molecule has 1 N–H and O–H groups in total. The first kappa shape index (κ1) is 13.2. The van der Waals surface area contributed by atoms with Crippen LogP contribution in [0, 0.1) is 16.7 Å². The van der Waals surface area contributed by atoms with Crippen LogP contribution in [0.15, 0.2) is 0 Å². The quantitative estimate of drug-likeness (QED) is 0.810. The summed E-state index contributed by atoms with van der Waals surface area (Å²) in [5.74, 6) is 0.457. The van der Waals surface area contributed by atoms with E-state index in [1.165, 1.54) is 0 Å². The van der Waals surface area contributed by atoms with E-state index >= 15 is 0 Å². The Balaban J connectivity index is 1.89. The van der Waals surface area contributed by atoms with Gasteiger partial charge in [-0.05, 0) is 11.3 Å². The molecular weight excluding hydrogens is 224 g/mol. The number of nitrogens with one attached hydrogen (secondary N) is 1. The average molecular weight is 247 g/mol. The third kappa shape index (κ3) is 2.34. The molecule has 2 rings (SSSR count). The molecule has 4 heteroatoms. The Kier molecular flexibility index (Phi) is 3.24. The summed E-state index contributed by atoms with van der Waals surface area (Å²) >= 11 is 0. The maximum atomic E-state index is 12.8. The van der Waals surface area contributed by atoms with Crippen molar-refractivity contribution in [3.05, 3.63) is 0 Å². The minimum atomic E-state index is -0.776. The monoisotopic (exact) mass is 247 g/mol. The molecule has 1 atom stereocenters. The van der Waals surface area contributed by atoms with Crippen molar-refractivity contribution < 1.29 is 13.5 Å². The maximum absolute atomic E-state index is 12.8. The molecule has 0 aromatic rings. The van der Waals surface area contributed by atoms with Gasteiger partial charge < -0.3 is 4.74 Å². The van der Waals surface area contributed by atoms with Crippen LogP contribution in [0.4, 0.5) is 8.78 Å². The van der Waals surface area contributed by atoms with Gasteiger partial charge in [-0.2, -0.15) is 0 Å². The van der Waals surface area contributed by atoms with Crippen molar-refractivity contribution >= 4 is 0 Å². The minimum Gasteiger partial charge on any atom is -0.360 e. The topological polar surface area (TPSA) is 21.3 Å². The molecule has 1 saturated carbocycles. The van der Waals surface area contributed by atoms with Crippen LogP contribution in [-0.2, 0) is 4.74 Å². The molecule has 1 spiro atoms. The Morgan fingerprint density at radius 2 is 1.82 bits per heavy atom. The number of halogens is 2. The predicted molar refractivity (Wildman–Crippen MR) is 63.2 cm³/mol. The molecule has 0 bridgehead atoms. The van der Waals surface area contributed by atoms with Crippen molar-refractivity contribution in [1.82, 2.24) is 5.32 Å². The standard InChI is InChI=1S/C13H23F2NO/c1-11(2,3)10-4-16-13(17-5-10)6-12(7-13,8-14)9-15/h10,16H,4-9H2,1-3H3. The first-order chi connectivity index (χ1) is 7.85. The normalized spacial score (nSPS) is 31.2. The fourth-order valence-electron chi connectivity index (χ4n) is 2.85. The van der Waals surface area contributed by atoms with Gasteiger partial charge in [-0.1, -0.05) is 20.8 Å². The van der Waals surface area contributed by atoms with E-state index in [1.54, 1.807) is 0 Å².